The lowest BCUT2D eigenvalue weighted by Gasteiger charge is -2.00. The molecule has 0 aliphatic rings. The van der Waals surface area contributed by atoms with E-state index in [4.69, 9.17) is 5.73 Å². The fourth-order valence-corrected chi connectivity index (χ4v) is 1.98. The Labute approximate surface area is 92.5 Å². The lowest BCUT2D eigenvalue weighted by Crippen LogP contribution is -2.00. The maximum atomic E-state index is 5.56. The molecule has 0 fully saturated rings. The van der Waals surface area contributed by atoms with Crippen LogP contribution in [0, 0.1) is 0 Å². The highest BCUT2D eigenvalue weighted by Crippen LogP contribution is 2.14. The minimum Gasteiger partial charge on any atom is -0.396 e. The molecule has 2 rings (SSSR count). The minimum absolute atomic E-state index is 0.706. The highest BCUT2D eigenvalue weighted by Gasteiger charge is 1.96. The molecule has 78 valence electrons. The third kappa shape index (κ3) is 2.99. The first-order valence-corrected chi connectivity index (χ1v) is 5.65. The van der Waals surface area contributed by atoms with Gasteiger partial charge in [-0.1, -0.05) is 6.07 Å². The number of nitrogens with zero attached hydrogens (tertiary/aromatic N) is 3. The molecule has 2 aromatic rings. The van der Waals surface area contributed by atoms with Crippen LogP contribution in [-0.4, -0.2) is 20.5 Å². The van der Waals surface area contributed by atoms with E-state index in [1.54, 1.807) is 24.2 Å². The number of hydrogen-bond donors (Lipinski definition) is 1. The minimum atomic E-state index is 0.706. The zero-order valence-corrected chi connectivity index (χ0v) is 9.02. The SMILES string of the molecule is Nc1cnn(CCSc2ccccn2)c1. The molecule has 0 aromatic carbocycles. The van der Waals surface area contributed by atoms with Crippen molar-refractivity contribution in [2.24, 2.45) is 0 Å². The van der Waals surface area contributed by atoms with Crippen molar-refractivity contribution in [2.45, 2.75) is 11.6 Å². The summed E-state index contributed by atoms with van der Waals surface area (Å²) in [6, 6.07) is 5.90. The van der Waals surface area contributed by atoms with Crippen molar-refractivity contribution in [3.63, 3.8) is 0 Å². The Morgan fingerprint density at radius 3 is 3.00 bits per heavy atom. The molecule has 0 unspecified atom stereocenters. The first-order valence-electron chi connectivity index (χ1n) is 4.66. The Kier molecular flexibility index (Phi) is 3.24. The highest BCUT2D eigenvalue weighted by atomic mass is 32.2. The molecule has 2 heterocycles. The summed E-state index contributed by atoms with van der Waals surface area (Å²) in [5, 5.41) is 5.14. The first-order chi connectivity index (χ1) is 7.34. The van der Waals surface area contributed by atoms with Crippen LogP contribution in [0.3, 0.4) is 0 Å². The summed E-state index contributed by atoms with van der Waals surface area (Å²) in [6.45, 7) is 0.846. The third-order valence-electron chi connectivity index (χ3n) is 1.86. The average Bonchev–Trinajstić information content (AvgIpc) is 2.66. The van der Waals surface area contributed by atoms with Gasteiger partial charge in [0.25, 0.3) is 0 Å². The van der Waals surface area contributed by atoms with Crippen LogP contribution in [0.5, 0.6) is 0 Å². The van der Waals surface area contributed by atoms with Gasteiger partial charge in [-0.2, -0.15) is 5.10 Å². The van der Waals surface area contributed by atoms with Crippen LogP contribution < -0.4 is 5.73 Å². The van der Waals surface area contributed by atoms with Crippen molar-refractivity contribution in [3.05, 3.63) is 36.8 Å². The summed E-state index contributed by atoms with van der Waals surface area (Å²) >= 11 is 1.71. The van der Waals surface area contributed by atoms with Gasteiger partial charge in [0.2, 0.25) is 0 Å². The molecule has 4 nitrogen and oxygen atoms in total. The van der Waals surface area contributed by atoms with E-state index in [9.17, 15) is 0 Å². The number of aryl methyl sites for hydroxylation is 1. The molecule has 0 spiro atoms. The van der Waals surface area contributed by atoms with Crippen LogP contribution >= 0.6 is 11.8 Å². The van der Waals surface area contributed by atoms with Gasteiger partial charge in [0.15, 0.2) is 0 Å². The van der Waals surface area contributed by atoms with Gasteiger partial charge >= 0.3 is 0 Å². The second kappa shape index (κ2) is 4.84. The molecule has 2 N–H and O–H groups in total. The molecule has 15 heavy (non-hydrogen) atoms. The van der Waals surface area contributed by atoms with E-state index in [1.807, 2.05) is 29.1 Å². The maximum absolute atomic E-state index is 5.56. The molecule has 0 bridgehead atoms. The van der Waals surface area contributed by atoms with Crippen LogP contribution in [0.2, 0.25) is 0 Å². The highest BCUT2D eigenvalue weighted by molar-refractivity contribution is 7.99. The first kappa shape index (κ1) is 10.0. The number of anilines is 1. The van der Waals surface area contributed by atoms with E-state index < -0.39 is 0 Å². The Hall–Kier alpha value is -1.49. The van der Waals surface area contributed by atoms with Crippen molar-refractivity contribution in [1.29, 1.82) is 0 Å². The van der Waals surface area contributed by atoms with E-state index in [-0.39, 0.29) is 0 Å². The number of hydrogen-bond acceptors (Lipinski definition) is 4. The lowest BCUT2D eigenvalue weighted by atomic mass is 10.5. The number of aromatic nitrogens is 3. The van der Waals surface area contributed by atoms with Crippen molar-refractivity contribution in [3.8, 4) is 0 Å². The molecule has 0 saturated heterocycles. The van der Waals surface area contributed by atoms with Gasteiger partial charge in [-0.25, -0.2) is 4.98 Å². The van der Waals surface area contributed by atoms with Gasteiger partial charge in [-0.3, -0.25) is 4.68 Å². The van der Waals surface area contributed by atoms with Crippen molar-refractivity contribution >= 4 is 17.4 Å². The normalized spacial score (nSPS) is 10.4. The van der Waals surface area contributed by atoms with E-state index >= 15 is 0 Å². The fourth-order valence-electron chi connectivity index (χ4n) is 1.18. The van der Waals surface area contributed by atoms with Crippen LogP contribution in [-0.2, 0) is 6.54 Å². The number of nitrogen functional groups attached to an aromatic ring is 1. The quantitative estimate of drug-likeness (QED) is 0.796. The number of nitrogens with two attached hydrogens (primary N) is 1. The van der Waals surface area contributed by atoms with Crippen LogP contribution in [0.1, 0.15) is 0 Å². The summed E-state index contributed by atoms with van der Waals surface area (Å²) in [5.74, 6) is 0.943. The summed E-state index contributed by atoms with van der Waals surface area (Å²) < 4.78 is 1.84. The number of pyridine rings is 1. The average molecular weight is 220 g/mol. The molecule has 5 heteroatoms. The Morgan fingerprint density at radius 1 is 1.40 bits per heavy atom. The van der Waals surface area contributed by atoms with Crippen molar-refractivity contribution in [1.82, 2.24) is 14.8 Å². The Balaban J connectivity index is 1.80. The third-order valence-corrected chi connectivity index (χ3v) is 2.79. The van der Waals surface area contributed by atoms with E-state index in [0.29, 0.717) is 5.69 Å². The van der Waals surface area contributed by atoms with E-state index in [2.05, 4.69) is 10.1 Å². The zero-order chi connectivity index (χ0) is 10.5. The van der Waals surface area contributed by atoms with E-state index in [0.717, 1.165) is 17.3 Å². The van der Waals surface area contributed by atoms with Crippen LogP contribution in [0.15, 0.2) is 41.8 Å². The Morgan fingerprint density at radius 2 is 2.33 bits per heavy atom. The molecule has 0 radical (unpaired) electrons. The van der Waals surface area contributed by atoms with Crippen LogP contribution in [0.25, 0.3) is 0 Å². The zero-order valence-electron chi connectivity index (χ0n) is 8.21. The fraction of sp³-hybridized carbons (Fsp3) is 0.200. The predicted molar refractivity (Wildman–Crippen MR) is 61.6 cm³/mol. The summed E-state index contributed by atoms with van der Waals surface area (Å²) in [4.78, 5) is 4.22. The lowest BCUT2D eigenvalue weighted by molar-refractivity contribution is 0.666. The second-order valence-electron chi connectivity index (χ2n) is 3.05. The van der Waals surface area contributed by atoms with Crippen molar-refractivity contribution < 1.29 is 0 Å². The van der Waals surface area contributed by atoms with Gasteiger partial charge in [0.1, 0.15) is 0 Å². The smallest absolute Gasteiger partial charge is 0.0960 e. The summed E-state index contributed by atoms with van der Waals surface area (Å²) in [7, 11) is 0. The molecular formula is C10H12N4S. The molecular weight excluding hydrogens is 208 g/mol. The topological polar surface area (TPSA) is 56.7 Å². The van der Waals surface area contributed by atoms with Gasteiger partial charge in [0.05, 0.1) is 23.5 Å². The Bertz CT molecular complexity index is 412. The van der Waals surface area contributed by atoms with Gasteiger partial charge in [-0.05, 0) is 12.1 Å². The summed E-state index contributed by atoms with van der Waals surface area (Å²) in [6.07, 6.45) is 5.29. The van der Waals surface area contributed by atoms with E-state index in [1.165, 1.54) is 0 Å². The second-order valence-corrected chi connectivity index (χ2v) is 4.17. The van der Waals surface area contributed by atoms with Gasteiger partial charge < -0.3 is 5.73 Å². The van der Waals surface area contributed by atoms with Gasteiger partial charge in [0, 0.05) is 18.1 Å². The van der Waals surface area contributed by atoms with Crippen LogP contribution in [0.4, 0.5) is 5.69 Å². The molecule has 2 aromatic heterocycles. The predicted octanol–water partition coefficient (Wildman–Crippen LogP) is 1.65. The standard InChI is InChI=1S/C10H12N4S/c11-9-7-13-14(8-9)5-6-15-10-3-1-2-4-12-10/h1-4,7-8H,5-6,11H2. The number of rotatable bonds is 4. The van der Waals surface area contributed by atoms with Gasteiger partial charge in [-0.15, -0.1) is 11.8 Å². The molecule has 0 saturated carbocycles. The van der Waals surface area contributed by atoms with Crippen molar-refractivity contribution in [2.75, 3.05) is 11.5 Å². The monoisotopic (exact) mass is 220 g/mol. The molecule has 0 amide bonds. The molecule has 0 aliphatic heterocycles. The molecule has 0 atom stereocenters. The number of thioether (sulfide) groups is 1. The maximum Gasteiger partial charge on any atom is 0.0960 e. The summed E-state index contributed by atoms with van der Waals surface area (Å²) in [5.41, 5.74) is 6.27. The largest absolute Gasteiger partial charge is 0.396 e. The molecule has 0 aliphatic carbocycles.